The van der Waals surface area contributed by atoms with Crippen LogP contribution in [0.5, 0.6) is 0 Å². The summed E-state index contributed by atoms with van der Waals surface area (Å²) in [4.78, 5) is 9.35. The monoisotopic (exact) mass is 1790 g/mol. The number of hydrogen-bond donors (Lipinski definition) is 2. The molecule has 0 aliphatic carbocycles. The van der Waals surface area contributed by atoms with E-state index in [4.69, 9.17) is 0 Å². The minimum atomic E-state index is 1.05. The highest BCUT2D eigenvalue weighted by Crippen LogP contribution is 2.46. The van der Waals surface area contributed by atoms with E-state index in [9.17, 15) is 0 Å². The summed E-state index contributed by atoms with van der Waals surface area (Å²) in [5.41, 5.74) is 43.5. The minimum absolute atomic E-state index is 1.05. The smallest absolute Gasteiger partial charge is 0.0467 e. The van der Waals surface area contributed by atoms with E-state index in [0.29, 0.717) is 0 Å². The summed E-state index contributed by atoms with van der Waals surface area (Å²) in [6.45, 7) is 4.32. The summed E-state index contributed by atoms with van der Waals surface area (Å²) < 4.78 is 0. The van der Waals surface area contributed by atoms with Gasteiger partial charge in [-0.05, 0) is 330 Å². The van der Waals surface area contributed by atoms with E-state index >= 15 is 0 Å². The van der Waals surface area contributed by atoms with Gasteiger partial charge in [-0.15, -0.1) is 0 Å². The quantitative estimate of drug-likeness (QED) is 0.0563. The second-order valence-corrected chi connectivity index (χ2v) is 35.2. The van der Waals surface area contributed by atoms with Crippen molar-refractivity contribution in [3.63, 3.8) is 0 Å². The molecule has 6 nitrogen and oxygen atoms in total. The fourth-order valence-electron chi connectivity index (χ4n) is 18.7. The average molecular weight is 1800 g/mol. The lowest BCUT2D eigenvalue weighted by molar-refractivity contribution is 1.28. The molecular formula is C134H102N6. The summed E-state index contributed by atoms with van der Waals surface area (Å²) in [6.07, 6.45) is 0. The van der Waals surface area contributed by atoms with Gasteiger partial charge in [0.2, 0.25) is 0 Å². The molecule has 2 N–H and O–H groups in total. The number of aryl methyl sites for hydroxylation is 2. The molecular weight excluding hydrogens is 1690 g/mol. The van der Waals surface area contributed by atoms with Crippen molar-refractivity contribution in [1.82, 2.24) is 0 Å². The Bertz CT molecular complexity index is 7260. The Morgan fingerprint density at radius 1 is 0.114 bits per heavy atom. The van der Waals surface area contributed by atoms with Crippen LogP contribution >= 0.6 is 0 Å². The molecule has 0 spiro atoms. The number of para-hydroxylation sites is 2. The highest BCUT2D eigenvalue weighted by atomic mass is 15.2. The molecule has 0 amide bonds. The molecule has 140 heavy (non-hydrogen) atoms. The van der Waals surface area contributed by atoms with Gasteiger partial charge in [0.15, 0.2) is 0 Å². The van der Waals surface area contributed by atoms with Crippen LogP contribution < -0.4 is 30.2 Å². The van der Waals surface area contributed by atoms with Crippen LogP contribution in [0.2, 0.25) is 0 Å². The molecule has 668 valence electrons. The van der Waals surface area contributed by atoms with Crippen LogP contribution in [-0.4, -0.2) is 0 Å². The van der Waals surface area contributed by atoms with Crippen molar-refractivity contribution in [2.45, 2.75) is 13.8 Å². The van der Waals surface area contributed by atoms with Gasteiger partial charge in [-0.1, -0.05) is 376 Å². The lowest BCUT2D eigenvalue weighted by atomic mass is 10.0. The number of benzene rings is 22. The highest BCUT2D eigenvalue weighted by Gasteiger charge is 2.22. The van der Waals surface area contributed by atoms with Gasteiger partial charge in [0.25, 0.3) is 0 Å². The first-order valence-corrected chi connectivity index (χ1v) is 47.8. The molecule has 22 aromatic carbocycles. The Labute approximate surface area is 822 Å². The number of nitrogens with zero attached hydrogens (tertiary/aromatic N) is 4. The fourth-order valence-corrected chi connectivity index (χ4v) is 18.7. The first-order chi connectivity index (χ1) is 69.2. The lowest BCUT2D eigenvalue weighted by Crippen LogP contribution is -2.10. The van der Waals surface area contributed by atoms with E-state index in [2.05, 4.69) is 614 Å². The van der Waals surface area contributed by atoms with Crippen molar-refractivity contribution < 1.29 is 0 Å². The fraction of sp³-hybridized carbons (Fsp3) is 0.0149. The highest BCUT2D eigenvalue weighted by molar-refractivity contribution is 5.90. The van der Waals surface area contributed by atoms with Crippen LogP contribution in [0.15, 0.2) is 570 Å². The van der Waals surface area contributed by atoms with Gasteiger partial charge < -0.3 is 30.2 Å². The van der Waals surface area contributed by atoms with E-state index < -0.39 is 0 Å². The van der Waals surface area contributed by atoms with Crippen molar-refractivity contribution in [3.05, 3.63) is 581 Å². The van der Waals surface area contributed by atoms with Crippen LogP contribution in [-0.2, 0) is 0 Å². The van der Waals surface area contributed by atoms with Gasteiger partial charge in [0.05, 0.1) is 0 Å². The maximum absolute atomic E-state index is 3.61. The van der Waals surface area contributed by atoms with Gasteiger partial charge in [-0.3, -0.25) is 0 Å². The van der Waals surface area contributed by atoms with Gasteiger partial charge in [-0.2, -0.15) is 0 Å². The predicted octanol–water partition coefficient (Wildman–Crippen LogP) is 38.0. The van der Waals surface area contributed by atoms with Gasteiger partial charge in [0, 0.05) is 91.0 Å². The Morgan fingerprint density at radius 3 is 0.529 bits per heavy atom. The van der Waals surface area contributed by atoms with Crippen molar-refractivity contribution in [3.8, 4) is 111 Å². The van der Waals surface area contributed by atoms with Crippen molar-refractivity contribution >= 4 is 91.0 Å². The predicted molar refractivity (Wildman–Crippen MR) is 595 cm³/mol. The third-order valence-electron chi connectivity index (χ3n) is 25.9. The van der Waals surface area contributed by atoms with Gasteiger partial charge in [0.1, 0.15) is 0 Å². The SMILES string of the molecule is Cc1ccccc1-c1cccc(Nc2ccc(-c3ccc(N(c4ccccc4)c4ccc(-c5ccc(N(c6ccccc6)c6ccc(-c7ccc(Nc8cccc(-c9ccccc9C)c8)cc7)cc6)cc5)cc4)cc3)cc2)c1.c1ccc(-c2cccc(N(c3ccc(-c4ccc(N(c5cccc(-c6ccccc6)c5)c5cccc(-c6ccccc6)c5)cc4)cc3)c3cccc(-c4ccccc4)c3)c2)cc1. The average Bonchev–Trinajstić information content (AvgIpc) is 0.771. The Balaban J connectivity index is 0.000000171. The molecule has 0 aromatic heterocycles. The molecule has 0 aliphatic rings. The molecule has 6 heteroatoms. The van der Waals surface area contributed by atoms with Crippen molar-refractivity contribution in [1.29, 1.82) is 0 Å². The van der Waals surface area contributed by atoms with Gasteiger partial charge >= 0.3 is 0 Å². The third kappa shape index (κ3) is 20.4. The molecule has 0 heterocycles. The van der Waals surface area contributed by atoms with E-state index in [0.717, 1.165) is 136 Å². The molecule has 0 fully saturated rings. The van der Waals surface area contributed by atoms with E-state index in [1.165, 1.54) is 77.9 Å². The zero-order valence-corrected chi connectivity index (χ0v) is 78.1. The zero-order chi connectivity index (χ0) is 94.1. The molecule has 0 bridgehead atoms. The summed E-state index contributed by atoms with van der Waals surface area (Å²) in [5, 5.41) is 7.22. The molecule has 22 aromatic rings. The molecule has 0 saturated heterocycles. The molecule has 0 aliphatic heterocycles. The third-order valence-corrected chi connectivity index (χ3v) is 25.9. The van der Waals surface area contributed by atoms with Crippen LogP contribution in [0.1, 0.15) is 11.1 Å². The topological polar surface area (TPSA) is 37.0 Å². The number of nitrogens with one attached hydrogen (secondary N) is 2. The van der Waals surface area contributed by atoms with E-state index in [1.54, 1.807) is 0 Å². The van der Waals surface area contributed by atoms with Crippen molar-refractivity contribution in [2.24, 2.45) is 0 Å². The summed E-state index contributed by atoms with van der Waals surface area (Å²) in [5.74, 6) is 0. The van der Waals surface area contributed by atoms with E-state index in [-0.39, 0.29) is 0 Å². The number of hydrogen-bond acceptors (Lipinski definition) is 6. The van der Waals surface area contributed by atoms with Crippen LogP contribution in [0.25, 0.3) is 111 Å². The molecule has 0 unspecified atom stereocenters. The van der Waals surface area contributed by atoms with Crippen LogP contribution in [0.4, 0.5) is 91.0 Å². The zero-order valence-electron chi connectivity index (χ0n) is 78.1. The second kappa shape index (κ2) is 41.6. The molecule has 0 atom stereocenters. The summed E-state index contributed by atoms with van der Waals surface area (Å²) in [6, 6.07) is 204. The Hall–Kier alpha value is -18.4. The second-order valence-electron chi connectivity index (χ2n) is 35.2. The first kappa shape index (κ1) is 88.2. The number of anilines is 16. The molecule has 22 rings (SSSR count). The normalized spacial score (nSPS) is 10.9. The Morgan fingerprint density at radius 2 is 0.286 bits per heavy atom. The molecule has 0 saturated carbocycles. The first-order valence-electron chi connectivity index (χ1n) is 47.8. The standard InChI is InChI=1S/C74H58N4.C60H44N2/c1-53-15-9-11-25-73(53)61-17-13-19-65(51-61)75-63-39-27-55(28-40-63)57-31-43-69(44-32-57)77(67-21-5-3-6-22-67)71-47-35-59(36-48-71)60-37-49-72(50-38-60)78(68-23-7-4-8-24-68)70-45-33-58(34-46-70)56-29-41-64(42-30-56)76-66-20-14-18-62(52-66)74-26-12-10-16-54(74)2;1-5-17-45(18-6-1)51-25-13-29-57(41-51)61(58-30-14-26-52(42-58)46-19-7-2-8-20-46)55-37-33-49(34-38-55)50-35-39-56(40-36-50)62(59-31-15-27-53(43-59)47-21-9-3-10-22-47)60-32-16-28-54(44-60)48-23-11-4-12-24-48/h3-52,75-76H,1-2H3;1-44H. The summed E-state index contributed by atoms with van der Waals surface area (Å²) in [7, 11) is 0. The van der Waals surface area contributed by atoms with Crippen LogP contribution in [0.3, 0.4) is 0 Å². The number of rotatable bonds is 26. The molecule has 0 radical (unpaired) electrons. The van der Waals surface area contributed by atoms with E-state index in [1.807, 2.05) is 0 Å². The summed E-state index contributed by atoms with van der Waals surface area (Å²) >= 11 is 0. The largest absolute Gasteiger partial charge is 0.356 e. The van der Waals surface area contributed by atoms with Crippen LogP contribution in [0, 0.1) is 13.8 Å². The maximum Gasteiger partial charge on any atom is 0.0467 e. The van der Waals surface area contributed by atoms with Crippen molar-refractivity contribution in [2.75, 3.05) is 30.2 Å². The Kier molecular flexibility index (Phi) is 26.2. The maximum atomic E-state index is 3.61. The van der Waals surface area contributed by atoms with Gasteiger partial charge in [-0.25, -0.2) is 0 Å². The lowest BCUT2D eigenvalue weighted by Gasteiger charge is -2.27. The minimum Gasteiger partial charge on any atom is -0.356 e.